The minimum Gasteiger partial charge on any atom is -0.455 e. The van der Waals surface area contributed by atoms with Crippen molar-refractivity contribution in [3.05, 3.63) is 11.1 Å². The lowest BCUT2D eigenvalue weighted by Crippen LogP contribution is -2.61. The van der Waals surface area contributed by atoms with Crippen LogP contribution in [0.15, 0.2) is 11.2 Å². The number of rotatable bonds is 1. The van der Waals surface area contributed by atoms with E-state index in [-0.39, 0.29) is 5.60 Å². The number of aliphatic imine (C=N–C) groups is 1. The van der Waals surface area contributed by atoms with E-state index in [1.54, 1.807) is 6.20 Å². The number of nitriles is 1. The van der Waals surface area contributed by atoms with E-state index < -0.39 is 0 Å². The first-order valence-corrected chi connectivity index (χ1v) is 7.68. The molecule has 20 heavy (non-hydrogen) atoms. The van der Waals surface area contributed by atoms with Gasteiger partial charge in [0.05, 0.1) is 12.7 Å². The van der Waals surface area contributed by atoms with Crippen LogP contribution in [0.5, 0.6) is 0 Å². The zero-order valence-corrected chi connectivity index (χ0v) is 11.8. The highest BCUT2D eigenvalue weighted by Crippen LogP contribution is 2.40. The molecule has 3 saturated heterocycles. The third-order valence-electron chi connectivity index (χ3n) is 4.44. The maximum absolute atomic E-state index is 8.81. The Balaban J connectivity index is 1.46. The van der Waals surface area contributed by atoms with Crippen molar-refractivity contribution in [2.24, 2.45) is 10.9 Å². The van der Waals surface area contributed by atoms with E-state index in [0.29, 0.717) is 21.9 Å². The minimum absolute atomic E-state index is 0.131. The molecule has 3 fully saturated rings. The third-order valence-corrected chi connectivity index (χ3v) is 5.26. The zero-order chi connectivity index (χ0) is 13.6. The number of fused-ring (bicyclic) bond motifs is 2. The summed E-state index contributed by atoms with van der Waals surface area (Å²) in [6, 6.07) is 2.63. The molecule has 1 aromatic rings. The summed E-state index contributed by atoms with van der Waals surface area (Å²) in [5.41, 5.74) is -0.131. The quantitative estimate of drug-likeness (QED) is 0.843. The Kier molecular flexibility index (Phi) is 2.69. The number of amidine groups is 1. The van der Waals surface area contributed by atoms with Crippen molar-refractivity contribution < 1.29 is 4.74 Å². The number of hydrogen-bond acceptors (Lipinski definition) is 7. The molecule has 0 amide bonds. The van der Waals surface area contributed by atoms with Crippen LogP contribution in [-0.4, -0.2) is 47.7 Å². The standard InChI is InChI=1S/C13H15N5OS/c14-5-10-6-15-12(20-10)17-11-16-7-13(19-11)8-18-3-1-9(13)2-4-18/h6,9H,1-4,7-8H2,(H,15,16,17)/t13-/m0/s1. The van der Waals surface area contributed by atoms with Crippen molar-refractivity contribution in [3.8, 4) is 6.07 Å². The maximum atomic E-state index is 8.81. The molecule has 5 rings (SSSR count). The van der Waals surface area contributed by atoms with E-state index >= 15 is 0 Å². The Morgan fingerprint density at radius 1 is 1.50 bits per heavy atom. The van der Waals surface area contributed by atoms with Gasteiger partial charge < -0.3 is 4.74 Å². The predicted molar refractivity (Wildman–Crippen MR) is 75.7 cm³/mol. The monoisotopic (exact) mass is 289 g/mol. The van der Waals surface area contributed by atoms with Gasteiger partial charge in [0.15, 0.2) is 5.13 Å². The summed E-state index contributed by atoms with van der Waals surface area (Å²) in [5, 5.41) is 12.6. The first kappa shape index (κ1) is 12.1. The predicted octanol–water partition coefficient (Wildman–Crippen LogP) is 1.28. The molecular formula is C13H15N5OS. The van der Waals surface area contributed by atoms with Gasteiger partial charge in [-0.05, 0) is 25.9 Å². The van der Waals surface area contributed by atoms with Gasteiger partial charge in [-0.1, -0.05) is 11.3 Å². The number of anilines is 1. The molecule has 1 atom stereocenters. The second-order valence-electron chi connectivity index (χ2n) is 5.61. The van der Waals surface area contributed by atoms with Crippen LogP contribution >= 0.6 is 11.3 Å². The summed E-state index contributed by atoms with van der Waals surface area (Å²) in [6.07, 6.45) is 3.98. The van der Waals surface area contributed by atoms with Gasteiger partial charge in [0, 0.05) is 12.5 Å². The van der Waals surface area contributed by atoms with Gasteiger partial charge in [0.1, 0.15) is 16.5 Å². The summed E-state index contributed by atoms with van der Waals surface area (Å²) in [6.45, 7) is 4.09. The van der Waals surface area contributed by atoms with Gasteiger partial charge in [-0.3, -0.25) is 10.2 Å². The second-order valence-corrected chi connectivity index (χ2v) is 6.64. The van der Waals surface area contributed by atoms with E-state index in [4.69, 9.17) is 10.00 Å². The van der Waals surface area contributed by atoms with Gasteiger partial charge in [-0.2, -0.15) is 5.26 Å². The molecule has 0 aromatic carbocycles. The van der Waals surface area contributed by atoms with Crippen molar-refractivity contribution in [3.63, 3.8) is 0 Å². The molecule has 0 saturated carbocycles. The first-order valence-electron chi connectivity index (χ1n) is 6.86. The van der Waals surface area contributed by atoms with Gasteiger partial charge in [0.25, 0.3) is 6.02 Å². The molecule has 0 aliphatic carbocycles. The Morgan fingerprint density at radius 3 is 3.00 bits per heavy atom. The lowest BCUT2D eigenvalue weighted by molar-refractivity contribution is -0.0829. The molecule has 6 nitrogen and oxygen atoms in total. The number of aromatic nitrogens is 1. The van der Waals surface area contributed by atoms with E-state index in [0.717, 1.165) is 13.1 Å². The summed E-state index contributed by atoms with van der Waals surface area (Å²) in [4.78, 5) is 11.7. The van der Waals surface area contributed by atoms with Crippen molar-refractivity contribution >= 4 is 22.5 Å². The minimum atomic E-state index is -0.131. The van der Waals surface area contributed by atoms with Crippen molar-refractivity contribution in [1.29, 1.82) is 5.26 Å². The highest BCUT2D eigenvalue weighted by molar-refractivity contribution is 7.16. The Hall–Kier alpha value is -1.65. The molecule has 1 aromatic heterocycles. The van der Waals surface area contributed by atoms with Crippen molar-refractivity contribution in [2.45, 2.75) is 18.4 Å². The smallest absolute Gasteiger partial charge is 0.291 e. The molecule has 7 heteroatoms. The normalized spacial score (nSPS) is 34.6. The molecule has 0 radical (unpaired) electrons. The summed E-state index contributed by atoms with van der Waals surface area (Å²) < 4.78 is 6.15. The van der Waals surface area contributed by atoms with Crippen molar-refractivity contribution in [2.75, 3.05) is 31.5 Å². The fraction of sp³-hybridized carbons (Fsp3) is 0.615. The van der Waals surface area contributed by atoms with Gasteiger partial charge in [-0.15, -0.1) is 0 Å². The number of nitrogens with zero attached hydrogens (tertiary/aromatic N) is 4. The average molecular weight is 289 g/mol. The van der Waals surface area contributed by atoms with E-state index in [9.17, 15) is 0 Å². The maximum Gasteiger partial charge on any atom is 0.291 e. The molecule has 5 heterocycles. The number of ether oxygens (including phenoxy) is 1. The number of hydrogen-bond donors (Lipinski definition) is 1. The van der Waals surface area contributed by atoms with Crippen LogP contribution in [0.2, 0.25) is 0 Å². The Morgan fingerprint density at radius 2 is 2.35 bits per heavy atom. The van der Waals surface area contributed by atoms with Gasteiger partial charge >= 0.3 is 0 Å². The molecule has 4 aliphatic heterocycles. The Bertz CT molecular complexity index is 598. The largest absolute Gasteiger partial charge is 0.455 e. The highest BCUT2D eigenvalue weighted by atomic mass is 32.1. The number of thiazole rings is 1. The lowest BCUT2D eigenvalue weighted by atomic mass is 9.75. The summed E-state index contributed by atoms with van der Waals surface area (Å²) in [5.74, 6) is 0.613. The van der Waals surface area contributed by atoms with Crippen LogP contribution in [0.3, 0.4) is 0 Å². The van der Waals surface area contributed by atoms with Crippen LogP contribution < -0.4 is 5.32 Å². The first-order chi connectivity index (χ1) is 9.77. The molecule has 1 spiro atoms. The number of nitrogens with one attached hydrogen (secondary N) is 1. The molecular weight excluding hydrogens is 274 g/mol. The Labute approximate surface area is 121 Å². The van der Waals surface area contributed by atoms with Crippen LogP contribution in [0.1, 0.15) is 17.7 Å². The number of piperidine rings is 3. The molecule has 1 N–H and O–H groups in total. The van der Waals surface area contributed by atoms with Crippen LogP contribution in [0.4, 0.5) is 5.13 Å². The van der Waals surface area contributed by atoms with Gasteiger partial charge in [-0.25, -0.2) is 9.98 Å². The average Bonchev–Trinajstić information content (AvgIpc) is 3.08. The third kappa shape index (κ3) is 1.87. The molecule has 104 valence electrons. The topological polar surface area (TPSA) is 73.5 Å². The highest BCUT2D eigenvalue weighted by Gasteiger charge is 2.51. The molecule has 0 unspecified atom stereocenters. The molecule has 2 bridgehead atoms. The fourth-order valence-electron chi connectivity index (χ4n) is 3.42. The van der Waals surface area contributed by atoms with Crippen LogP contribution in [0.25, 0.3) is 0 Å². The van der Waals surface area contributed by atoms with E-state index in [1.165, 1.54) is 37.3 Å². The lowest BCUT2D eigenvalue weighted by Gasteiger charge is -2.50. The van der Waals surface area contributed by atoms with Crippen molar-refractivity contribution in [1.82, 2.24) is 9.88 Å². The second kappa shape index (κ2) is 4.43. The summed E-state index contributed by atoms with van der Waals surface area (Å²) >= 11 is 1.32. The zero-order valence-electron chi connectivity index (χ0n) is 11.0. The fourth-order valence-corrected chi connectivity index (χ4v) is 4.03. The van der Waals surface area contributed by atoms with Crippen LogP contribution in [0, 0.1) is 17.2 Å². The molecule has 4 aliphatic rings. The summed E-state index contributed by atoms with van der Waals surface area (Å²) in [7, 11) is 0. The van der Waals surface area contributed by atoms with Gasteiger partial charge in [0.2, 0.25) is 0 Å². The van der Waals surface area contributed by atoms with E-state index in [1.807, 2.05) is 0 Å². The van der Waals surface area contributed by atoms with Crippen LogP contribution in [-0.2, 0) is 4.74 Å². The van der Waals surface area contributed by atoms with E-state index in [2.05, 4.69) is 26.3 Å². The SMILES string of the molecule is N#Cc1cnc(NC2=NC[C@@]3(CN4CCC3CC4)O2)s1.